The Balaban J connectivity index is 1.72. The number of ether oxygens (including phenoxy) is 2. The van der Waals surface area contributed by atoms with Crippen LogP contribution in [-0.2, 0) is 9.47 Å². The number of hydrogen-bond acceptors (Lipinski definition) is 4. The predicted molar refractivity (Wildman–Crippen MR) is 58.8 cm³/mol. The third kappa shape index (κ3) is 3.41. The molecule has 88 valence electrons. The molecule has 2 aliphatic heterocycles. The van der Waals surface area contributed by atoms with Crippen LogP contribution in [0.15, 0.2) is 0 Å². The molecule has 0 aromatic heterocycles. The average molecular weight is 214 g/mol. The molecule has 1 unspecified atom stereocenters. The smallest absolute Gasteiger partial charge is 0.0594 e. The molecule has 2 aliphatic rings. The zero-order chi connectivity index (χ0) is 10.5. The molecule has 0 aromatic rings. The standard InChI is InChI=1S/C11H22N2O2/c12-11(10-1-5-14-6-2-10)9-13-3-7-15-8-4-13/h10-11H,1-9,12H2. The van der Waals surface area contributed by atoms with E-state index in [1.165, 1.54) is 0 Å². The van der Waals surface area contributed by atoms with Crippen molar-refractivity contribution in [3.8, 4) is 0 Å². The first-order chi connectivity index (χ1) is 7.36. The van der Waals surface area contributed by atoms with Crippen LogP contribution in [0.4, 0.5) is 0 Å². The lowest BCUT2D eigenvalue weighted by molar-refractivity contribution is 0.0211. The average Bonchev–Trinajstić information content (AvgIpc) is 2.31. The highest BCUT2D eigenvalue weighted by Gasteiger charge is 2.23. The molecule has 4 heteroatoms. The zero-order valence-corrected chi connectivity index (χ0v) is 9.36. The van der Waals surface area contributed by atoms with Crippen molar-refractivity contribution in [1.82, 2.24) is 4.90 Å². The lowest BCUT2D eigenvalue weighted by atomic mass is 9.92. The second-order valence-electron chi connectivity index (χ2n) is 4.53. The van der Waals surface area contributed by atoms with Crippen LogP contribution < -0.4 is 5.73 Å². The Morgan fingerprint density at radius 2 is 1.67 bits per heavy atom. The third-order valence-corrected chi connectivity index (χ3v) is 3.44. The van der Waals surface area contributed by atoms with Gasteiger partial charge in [-0.15, -0.1) is 0 Å². The topological polar surface area (TPSA) is 47.7 Å². The summed E-state index contributed by atoms with van der Waals surface area (Å²) < 4.78 is 10.7. The molecule has 0 aliphatic carbocycles. The largest absolute Gasteiger partial charge is 0.381 e. The Morgan fingerprint density at radius 3 is 2.33 bits per heavy atom. The van der Waals surface area contributed by atoms with Gasteiger partial charge in [0.2, 0.25) is 0 Å². The van der Waals surface area contributed by atoms with Gasteiger partial charge in [0.05, 0.1) is 13.2 Å². The highest BCUT2D eigenvalue weighted by atomic mass is 16.5. The van der Waals surface area contributed by atoms with Gasteiger partial charge in [-0.1, -0.05) is 0 Å². The third-order valence-electron chi connectivity index (χ3n) is 3.44. The van der Waals surface area contributed by atoms with Gasteiger partial charge in [-0.2, -0.15) is 0 Å². The molecule has 2 rings (SSSR count). The van der Waals surface area contributed by atoms with E-state index in [2.05, 4.69) is 4.90 Å². The van der Waals surface area contributed by atoms with Crippen LogP contribution in [0.5, 0.6) is 0 Å². The first-order valence-corrected chi connectivity index (χ1v) is 5.99. The van der Waals surface area contributed by atoms with Crippen molar-refractivity contribution in [3.63, 3.8) is 0 Å². The summed E-state index contributed by atoms with van der Waals surface area (Å²) in [7, 11) is 0. The summed E-state index contributed by atoms with van der Waals surface area (Å²) in [5.41, 5.74) is 6.24. The molecular formula is C11H22N2O2. The van der Waals surface area contributed by atoms with Crippen molar-refractivity contribution in [3.05, 3.63) is 0 Å². The molecule has 0 radical (unpaired) electrons. The van der Waals surface area contributed by atoms with Gasteiger partial charge in [-0.3, -0.25) is 4.90 Å². The van der Waals surface area contributed by atoms with E-state index < -0.39 is 0 Å². The van der Waals surface area contributed by atoms with Crippen LogP contribution >= 0.6 is 0 Å². The lowest BCUT2D eigenvalue weighted by Gasteiger charge is -2.33. The molecule has 2 saturated heterocycles. The van der Waals surface area contributed by atoms with Gasteiger partial charge in [0.25, 0.3) is 0 Å². The normalized spacial score (nSPS) is 27.8. The van der Waals surface area contributed by atoms with E-state index in [4.69, 9.17) is 15.2 Å². The molecular weight excluding hydrogens is 192 g/mol. The van der Waals surface area contributed by atoms with Crippen LogP contribution in [0.25, 0.3) is 0 Å². The number of rotatable bonds is 3. The maximum Gasteiger partial charge on any atom is 0.0594 e. The van der Waals surface area contributed by atoms with Crippen molar-refractivity contribution in [2.24, 2.45) is 11.7 Å². The van der Waals surface area contributed by atoms with Crippen LogP contribution in [0, 0.1) is 5.92 Å². The van der Waals surface area contributed by atoms with Crippen LogP contribution in [0.1, 0.15) is 12.8 Å². The Kier molecular flexibility index (Phi) is 4.38. The minimum atomic E-state index is 0.312. The summed E-state index contributed by atoms with van der Waals surface area (Å²) in [5.74, 6) is 0.654. The summed E-state index contributed by atoms with van der Waals surface area (Å²) in [6.45, 7) is 6.60. The van der Waals surface area contributed by atoms with Gasteiger partial charge in [0.15, 0.2) is 0 Å². The Bertz CT molecular complexity index is 177. The first-order valence-electron chi connectivity index (χ1n) is 5.99. The van der Waals surface area contributed by atoms with Gasteiger partial charge in [0.1, 0.15) is 0 Å². The fraction of sp³-hybridized carbons (Fsp3) is 1.00. The first kappa shape index (κ1) is 11.3. The molecule has 0 spiro atoms. The maximum absolute atomic E-state index is 6.24. The van der Waals surface area contributed by atoms with Crippen molar-refractivity contribution in [2.75, 3.05) is 46.1 Å². The van der Waals surface area contributed by atoms with E-state index in [0.717, 1.165) is 58.9 Å². The fourth-order valence-electron chi connectivity index (χ4n) is 2.37. The molecule has 2 heterocycles. The number of morpholine rings is 1. The van der Waals surface area contributed by atoms with Gasteiger partial charge in [0, 0.05) is 38.9 Å². The van der Waals surface area contributed by atoms with Gasteiger partial charge >= 0.3 is 0 Å². The van der Waals surface area contributed by atoms with E-state index in [1.54, 1.807) is 0 Å². The van der Waals surface area contributed by atoms with Gasteiger partial charge < -0.3 is 15.2 Å². The predicted octanol–water partition coefficient (Wildman–Crippen LogP) is 0.0725. The Hall–Kier alpha value is -0.160. The van der Waals surface area contributed by atoms with E-state index in [0.29, 0.717) is 12.0 Å². The Morgan fingerprint density at radius 1 is 1.07 bits per heavy atom. The summed E-state index contributed by atoms with van der Waals surface area (Å²) >= 11 is 0. The molecule has 1 atom stereocenters. The SMILES string of the molecule is NC(CN1CCOCC1)C1CCOCC1. The minimum Gasteiger partial charge on any atom is -0.381 e. The number of nitrogens with zero attached hydrogens (tertiary/aromatic N) is 1. The molecule has 0 aromatic carbocycles. The van der Waals surface area contributed by atoms with Gasteiger partial charge in [-0.05, 0) is 18.8 Å². The molecule has 2 fully saturated rings. The lowest BCUT2D eigenvalue weighted by Crippen LogP contribution is -2.47. The molecule has 0 amide bonds. The number of nitrogens with two attached hydrogens (primary N) is 1. The summed E-state index contributed by atoms with van der Waals surface area (Å²) in [5, 5.41) is 0. The molecule has 15 heavy (non-hydrogen) atoms. The van der Waals surface area contributed by atoms with E-state index >= 15 is 0 Å². The zero-order valence-electron chi connectivity index (χ0n) is 9.36. The second-order valence-corrected chi connectivity index (χ2v) is 4.53. The van der Waals surface area contributed by atoms with Gasteiger partial charge in [-0.25, -0.2) is 0 Å². The maximum atomic E-state index is 6.24. The highest BCUT2D eigenvalue weighted by Crippen LogP contribution is 2.18. The second kappa shape index (κ2) is 5.80. The summed E-state index contributed by atoms with van der Waals surface area (Å²) in [6, 6.07) is 0.312. The molecule has 4 nitrogen and oxygen atoms in total. The van der Waals surface area contributed by atoms with Crippen molar-refractivity contribution < 1.29 is 9.47 Å². The van der Waals surface area contributed by atoms with Crippen molar-refractivity contribution in [2.45, 2.75) is 18.9 Å². The number of hydrogen-bond donors (Lipinski definition) is 1. The quantitative estimate of drug-likeness (QED) is 0.722. The fourth-order valence-corrected chi connectivity index (χ4v) is 2.37. The minimum absolute atomic E-state index is 0.312. The van der Waals surface area contributed by atoms with Crippen molar-refractivity contribution in [1.29, 1.82) is 0 Å². The highest BCUT2D eigenvalue weighted by molar-refractivity contribution is 4.79. The molecule has 0 bridgehead atoms. The van der Waals surface area contributed by atoms with Crippen molar-refractivity contribution >= 4 is 0 Å². The van der Waals surface area contributed by atoms with E-state index in [-0.39, 0.29) is 0 Å². The summed E-state index contributed by atoms with van der Waals surface area (Å²) in [6.07, 6.45) is 2.26. The monoisotopic (exact) mass is 214 g/mol. The summed E-state index contributed by atoms with van der Waals surface area (Å²) in [4.78, 5) is 2.42. The van der Waals surface area contributed by atoms with E-state index in [9.17, 15) is 0 Å². The Labute approximate surface area is 91.7 Å². The molecule has 2 N–H and O–H groups in total. The van der Waals surface area contributed by atoms with Crippen LogP contribution in [0.3, 0.4) is 0 Å². The van der Waals surface area contributed by atoms with E-state index in [1.807, 2.05) is 0 Å². The molecule has 0 saturated carbocycles. The van der Waals surface area contributed by atoms with Crippen LogP contribution in [-0.4, -0.2) is 57.0 Å². The van der Waals surface area contributed by atoms with Crippen LogP contribution in [0.2, 0.25) is 0 Å².